The molecule has 1 unspecified atom stereocenters. The summed E-state index contributed by atoms with van der Waals surface area (Å²) in [6.07, 6.45) is 1.20. The quantitative estimate of drug-likeness (QED) is 0.845. The zero-order valence-electron chi connectivity index (χ0n) is 9.95. The Balaban J connectivity index is 2.31. The van der Waals surface area contributed by atoms with Gasteiger partial charge in [-0.25, -0.2) is 0 Å². The summed E-state index contributed by atoms with van der Waals surface area (Å²) < 4.78 is 1.04. The number of rotatable bonds is 6. The number of aliphatic hydroxyl groups excluding tert-OH is 1. The lowest BCUT2D eigenvalue weighted by atomic mass is 10.1. The maximum Gasteiger partial charge on any atom is 0.220 e. The van der Waals surface area contributed by atoms with Crippen LogP contribution in [0.4, 0.5) is 0 Å². The Hall–Kier alpha value is -0.870. The fourth-order valence-electron chi connectivity index (χ4n) is 1.39. The summed E-state index contributed by atoms with van der Waals surface area (Å²) in [6, 6.07) is 7.90. The van der Waals surface area contributed by atoms with Crippen LogP contribution in [0.25, 0.3) is 0 Å². The summed E-state index contributed by atoms with van der Waals surface area (Å²) in [5.74, 6) is 0.142. The fraction of sp³-hybridized carbons (Fsp3) is 0.462. The third-order valence-electron chi connectivity index (χ3n) is 2.54. The molecule has 0 spiro atoms. The van der Waals surface area contributed by atoms with Crippen LogP contribution in [0.15, 0.2) is 28.7 Å². The highest BCUT2D eigenvalue weighted by atomic mass is 79.9. The van der Waals surface area contributed by atoms with E-state index in [1.807, 2.05) is 31.2 Å². The second-order valence-electron chi connectivity index (χ2n) is 4.18. The van der Waals surface area contributed by atoms with E-state index in [0.29, 0.717) is 13.0 Å². The van der Waals surface area contributed by atoms with E-state index in [-0.39, 0.29) is 18.4 Å². The zero-order chi connectivity index (χ0) is 12.7. The second kappa shape index (κ2) is 7.45. The van der Waals surface area contributed by atoms with Crippen molar-refractivity contribution in [1.82, 2.24) is 5.32 Å². The summed E-state index contributed by atoms with van der Waals surface area (Å²) in [4.78, 5) is 11.5. The van der Waals surface area contributed by atoms with Crippen molar-refractivity contribution in [2.75, 3.05) is 13.2 Å². The predicted molar refractivity (Wildman–Crippen MR) is 71.7 cm³/mol. The molecule has 0 saturated heterocycles. The van der Waals surface area contributed by atoms with Gasteiger partial charge in [-0.2, -0.15) is 0 Å². The number of aliphatic hydroxyl groups is 1. The SMILES string of the molecule is CC(CO)CNC(=O)CCc1ccccc1Br. The topological polar surface area (TPSA) is 49.3 Å². The molecule has 1 aromatic rings. The van der Waals surface area contributed by atoms with Crippen LogP contribution in [-0.4, -0.2) is 24.2 Å². The summed E-state index contributed by atoms with van der Waals surface area (Å²) in [6.45, 7) is 2.53. The number of carbonyl (C=O) groups is 1. The molecule has 0 heterocycles. The van der Waals surface area contributed by atoms with Crippen LogP contribution in [0.2, 0.25) is 0 Å². The van der Waals surface area contributed by atoms with Gasteiger partial charge in [0.1, 0.15) is 0 Å². The van der Waals surface area contributed by atoms with Crippen LogP contribution < -0.4 is 5.32 Å². The van der Waals surface area contributed by atoms with Gasteiger partial charge in [0.2, 0.25) is 5.91 Å². The third kappa shape index (κ3) is 5.33. The first kappa shape index (κ1) is 14.2. The second-order valence-corrected chi connectivity index (χ2v) is 5.04. The number of hydrogen-bond donors (Lipinski definition) is 2. The largest absolute Gasteiger partial charge is 0.396 e. The summed E-state index contributed by atoms with van der Waals surface area (Å²) in [7, 11) is 0. The van der Waals surface area contributed by atoms with E-state index in [0.717, 1.165) is 16.5 Å². The van der Waals surface area contributed by atoms with Crippen LogP contribution in [0.3, 0.4) is 0 Å². The number of carbonyl (C=O) groups excluding carboxylic acids is 1. The number of halogens is 1. The van der Waals surface area contributed by atoms with Crippen LogP contribution in [-0.2, 0) is 11.2 Å². The smallest absolute Gasteiger partial charge is 0.220 e. The lowest BCUT2D eigenvalue weighted by Crippen LogP contribution is -2.29. The van der Waals surface area contributed by atoms with Crippen molar-refractivity contribution < 1.29 is 9.90 Å². The standard InChI is InChI=1S/C13H18BrNO2/c1-10(9-16)8-15-13(17)7-6-11-4-2-3-5-12(11)14/h2-5,10,16H,6-9H2,1H3,(H,15,17). The highest BCUT2D eigenvalue weighted by Crippen LogP contribution is 2.17. The number of nitrogens with one attached hydrogen (secondary N) is 1. The zero-order valence-corrected chi connectivity index (χ0v) is 11.5. The average Bonchev–Trinajstić information content (AvgIpc) is 2.35. The minimum atomic E-state index is 0.0288. The summed E-state index contributed by atoms with van der Waals surface area (Å²) in [5, 5.41) is 11.6. The van der Waals surface area contributed by atoms with Gasteiger partial charge in [0.05, 0.1) is 0 Å². The van der Waals surface area contributed by atoms with Crippen molar-refractivity contribution >= 4 is 21.8 Å². The lowest BCUT2D eigenvalue weighted by molar-refractivity contribution is -0.121. The predicted octanol–water partition coefficient (Wildman–Crippen LogP) is 2.13. The van der Waals surface area contributed by atoms with E-state index >= 15 is 0 Å². The van der Waals surface area contributed by atoms with Crippen LogP contribution in [0, 0.1) is 5.92 Å². The van der Waals surface area contributed by atoms with Crippen molar-refractivity contribution in [1.29, 1.82) is 0 Å². The molecule has 1 amide bonds. The molecule has 94 valence electrons. The average molecular weight is 300 g/mol. The van der Waals surface area contributed by atoms with Gasteiger partial charge in [-0.05, 0) is 24.0 Å². The molecule has 4 heteroatoms. The van der Waals surface area contributed by atoms with Gasteiger partial charge >= 0.3 is 0 Å². The highest BCUT2D eigenvalue weighted by Gasteiger charge is 2.06. The molecule has 1 aromatic carbocycles. The molecule has 0 aliphatic carbocycles. The number of hydrogen-bond acceptors (Lipinski definition) is 2. The van der Waals surface area contributed by atoms with Gasteiger partial charge in [-0.15, -0.1) is 0 Å². The Bertz CT molecular complexity index is 368. The Morgan fingerprint density at radius 3 is 2.82 bits per heavy atom. The molecule has 0 aliphatic heterocycles. The minimum Gasteiger partial charge on any atom is -0.396 e. The Morgan fingerprint density at radius 1 is 1.47 bits per heavy atom. The van der Waals surface area contributed by atoms with Crippen LogP contribution in [0.5, 0.6) is 0 Å². The summed E-state index contributed by atoms with van der Waals surface area (Å²) >= 11 is 3.46. The van der Waals surface area contributed by atoms with Gasteiger partial charge in [0, 0.05) is 24.0 Å². The van der Waals surface area contributed by atoms with E-state index in [2.05, 4.69) is 21.2 Å². The molecule has 0 aliphatic rings. The molecule has 0 bridgehead atoms. The van der Waals surface area contributed by atoms with Crippen LogP contribution >= 0.6 is 15.9 Å². The van der Waals surface area contributed by atoms with E-state index in [9.17, 15) is 4.79 Å². The molecule has 0 fully saturated rings. The van der Waals surface area contributed by atoms with Crippen molar-refractivity contribution in [2.24, 2.45) is 5.92 Å². The first-order chi connectivity index (χ1) is 8.13. The molecule has 2 N–H and O–H groups in total. The van der Waals surface area contributed by atoms with Gasteiger partial charge in [-0.1, -0.05) is 41.1 Å². The number of amides is 1. The Morgan fingerprint density at radius 2 is 2.18 bits per heavy atom. The maximum absolute atomic E-state index is 11.5. The molecule has 1 rings (SSSR count). The van der Waals surface area contributed by atoms with E-state index in [1.54, 1.807) is 0 Å². The van der Waals surface area contributed by atoms with Gasteiger partial charge in [0.15, 0.2) is 0 Å². The fourth-order valence-corrected chi connectivity index (χ4v) is 1.87. The molecule has 0 radical (unpaired) electrons. The van der Waals surface area contributed by atoms with Crippen LogP contribution in [0.1, 0.15) is 18.9 Å². The van der Waals surface area contributed by atoms with E-state index < -0.39 is 0 Å². The van der Waals surface area contributed by atoms with Gasteiger partial charge in [-0.3, -0.25) is 4.79 Å². The van der Waals surface area contributed by atoms with Gasteiger partial charge in [0.25, 0.3) is 0 Å². The van der Waals surface area contributed by atoms with Crippen molar-refractivity contribution in [3.05, 3.63) is 34.3 Å². The first-order valence-electron chi connectivity index (χ1n) is 5.74. The number of benzene rings is 1. The molecule has 0 aromatic heterocycles. The Kier molecular flexibility index (Phi) is 6.22. The van der Waals surface area contributed by atoms with Crippen molar-refractivity contribution in [3.8, 4) is 0 Å². The normalized spacial score (nSPS) is 12.2. The molecule has 0 saturated carbocycles. The maximum atomic E-state index is 11.5. The first-order valence-corrected chi connectivity index (χ1v) is 6.53. The van der Waals surface area contributed by atoms with Crippen molar-refractivity contribution in [2.45, 2.75) is 19.8 Å². The molecular formula is C13H18BrNO2. The lowest BCUT2D eigenvalue weighted by Gasteiger charge is -2.09. The molecule has 17 heavy (non-hydrogen) atoms. The summed E-state index contributed by atoms with van der Waals surface area (Å²) in [5.41, 5.74) is 1.14. The highest BCUT2D eigenvalue weighted by molar-refractivity contribution is 9.10. The Labute approximate surface area is 110 Å². The van der Waals surface area contributed by atoms with E-state index in [4.69, 9.17) is 5.11 Å². The third-order valence-corrected chi connectivity index (χ3v) is 3.31. The molecule has 3 nitrogen and oxygen atoms in total. The molecular weight excluding hydrogens is 282 g/mol. The minimum absolute atomic E-state index is 0.0288. The van der Waals surface area contributed by atoms with Gasteiger partial charge < -0.3 is 10.4 Å². The van der Waals surface area contributed by atoms with Crippen molar-refractivity contribution in [3.63, 3.8) is 0 Å². The monoisotopic (exact) mass is 299 g/mol. The molecule has 1 atom stereocenters. The van der Waals surface area contributed by atoms with E-state index in [1.165, 1.54) is 0 Å². The number of aryl methyl sites for hydroxylation is 1.